The first kappa shape index (κ1) is 20.3. The Balaban J connectivity index is 1.56. The molecule has 0 radical (unpaired) electrons. The van der Waals surface area contributed by atoms with E-state index in [2.05, 4.69) is 49.2 Å². The number of hydrogen-bond acceptors (Lipinski definition) is 9. The van der Waals surface area contributed by atoms with Crippen molar-refractivity contribution in [2.75, 3.05) is 54.5 Å². The van der Waals surface area contributed by atoms with E-state index < -0.39 is 0 Å². The van der Waals surface area contributed by atoms with E-state index in [1.165, 1.54) is 19.3 Å². The highest BCUT2D eigenvalue weighted by atomic mass is 32.2. The lowest BCUT2D eigenvalue weighted by Gasteiger charge is -2.28. The molecule has 3 aromatic rings. The summed E-state index contributed by atoms with van der Waals surface area (Å²) in [4.78, 5) is 22.3. The molecular weight excluding hydrogens is 408 g/mol. The highest BCUT2D eigenvalue weighted by molar-refractivity contribution is 7.98. The highest BCUT2D eigenvalue weighted by Gasteiger charge is 2.21. The molecule has 1 aliphatic carbocycles. The summed E-state index contributed by atoms with van der Waals surface area (Å²) in [6, 6.07) is 8.25. The predicted molar refractivity (Wildman–Crippen MR) is 128 cm³/mol. The molecule has 3 N–H and O–H groups in total. The number of thioether (sulfide) groups is 1. The number of anilines is 4. The summed E-state index contributed by atoms with van der Waals surface area (Å²) < 4.78 is 0. The molecule has 0 bridgehead atoms. The van der Waals surface area contributed by atoms with E-state index in [4.69, 9.17) is 9.97 Å². The molecule has 31 heavy (non-hydrogen) atoms. The van der Waals surface area contributed by atoms with E-state index in [0.29, 0.717) is 5.82 Å². The predicted octanol–water partition coefficient (Wildman–Crippen LogP) is 3.51. The maximum Gasteiger partial charge on any atom is 0.228 e. The fourth-order valence-corrected chi connectivity index (χ4v) is 4.53. The molecule has 162 valence electrons. The van der Waals surface area contributed by atoms with Gasteiger partial charge in [-0.05, 0) is 37.1 Å². The van der Waals surface area contributed by atoms with E-state index in [9.17, 15) is 0 Å². The zero-order chi connectivity index (χ0) is 21.0. The Kier molecular flexibility index (Phi) is 6.04. The van der Waals surface area contributed by atoms with Gasteiger partial charge in [0, 0.05) is 37.6 Å². The van der Waals surface area contributed by atoms with Crippen molar-refractivity contribution in [3.05, 3.63) is 30.6 Å². The van der Waals surface area contributed by atoms with Gasteiger partial charge in [-0.25, -0.2) is 15.0 Å². The third kappa shape index (κ3) is 4.38. The number of nitrogens with one attached hydrogen (secondary N) is 3. The van der Waals surface area contributed by atoms with Gasteiger partial charge in [0.1, 0.15) is 17.4 Å². The molecule has 0 amide bonds. The molecule has 0 spiro atoms. The van der Waals surface area contributed by atoms with Gasteiger partial charge < -0.3 is 20.9 Å². The molecule has 8 nitrogen and oxygen atoms in total. The maximum absolute atomic E-state index is 4.92. The standard InChI is InChI=1S/C22H28N8S/c1-31-17-8-3-2-7-16(17)27-21-18-19(28-22(29-21)30-11-9-23-10-12-30)20(26-14-25-18)24-13-15-5-4-6-15/h2-3,7-8,14-15,23H,4-6,9-13H2,1H3,(H,24,25,26)(H,27,28,29). The lowest BCUT2D eigenvalue weighted by Crippen LogP contribution is -2.44. The summed E-state index contributed by atoms with van der Waals surface area (Å²) in [6.07, 6.45) is 7.58. The minimum Gasteiger partial charge on any atom is -0.368 e. The van der Waals surface area contributed by atoms with E-state index >= 15 is 0 Å². The molecule has 2 aromatic heterocycles. The van der Waals surface area contributed by atoms with Crippen molar-refractivity contribution in [3.8, 4) is 0 Å². The van der Waals surface area contributed by atoms with Crippen molar-refractivity contribution in [2.45, 2.75) is 24.2 Å². The van der Waals surface area contributed by atoms with Gasteiger partial charge in [-0.2, -0.15) is 4.98 Å². The minimum absolute atomic E-state index is 0.717. The summed E-state index contributed by atoms with van der Waals surface area (Å²) in [6.45, 7) is 4.54. The third-order valence-corrected chi connectivity index (χ3v) is 6.81. The number of benzene rings is 1. The van der Waals surface area contributed by atoms with Gasteiger partial charge >= 0.3 is 0 Å². The number of para-hydroxylation sites is 1. The topological polar surface area (TPSA) is 90.9 Å². The van der Waals surface area contributed by atoms with Crippen molar-refractivity contribution in [2.24, 2.45) is 5.92 Å². The van der Waals surface area contributed by atoms with Gasteiger partial charge in [0.2, 0.25) is 5.95 Å². The van der Waals surface area contributed by atoms with E-state index in [1.54, 1.807) is 18.1 Å². The first-order chi connectivity index (χ1) is 15.3. The molecule has 5 rings (SSSR count). The van der Waals surface area contributed by atoms with Crippen LogP contribution in [0.2, 0.25) is 0 Å². The Labute approximate surface area is 186 Å². The lowest BCUT2D eigenvalue weighted by molar-refractivity contribution is 0.333. The Morgan fingerprint density at radius 1 is 1.06 bits per heavy atom. The maximum atomic E-state index is 4.92. The average molecular weight is 437 g/mol. The summed E-state index contributed by atoms with van der Waals surface area (Å²) >= 11 is 1.71. The second-order valence-electron chi connectivity index (χ2n) is 8.03. The minimum atomic E-state index is 0.717. The summed E-state index contributed by atoms with van der Waals surface area (Å²) in [5, 5.41) is 10.5. The van der Waals surface area contributed by atoms with Crippen molar-refractivity contribution >= 4 is 46.1 Å². The van der Waals surface area contributed by atoms with Crippen LogP contribution < -0.4 is 20.9 Å². The zero-order valence-electron chi connectivity index (χ0n) is 17.8. The molecule has 0 atom stereocenters. The van der Waals surface area contributed by atoms with Crippen molar-refractivity contribution in [1.82, 2.24) is 25.3 Å². The molecule has 1 aromatic carbocycles. The molecule has 9 heteroatoms. The Morgan fingerprint density at radius 2 is 1.90 bits per heavy atom. The second-order valence-corrected chi connectivity index (χ2v) is 8.88. The molecule has 1 saturated carbocycles. The smallest absolute Gasteiger partial charge is 0.228 e. The van der Waals surface area contributed by atoms with Crippen molar-refractivity contribution in [3.63, 3.8) is 0 Å². The first-order valence-electron chi connectivity index (χ1n) is 10.9. The molecule has 1 saturated heterocycles. The number of hydrogen-bond donors (Lipinski definition) is 3. The van der Waals surface area contributed by atoms with Crippen LogP contribution in [0.5, 0.6) is 0 Å². The van der Waals surface area contributed by atoms with Gasteiger partial charge in [0.15, 0.2) is 11.6 Å². The normalized spacial score (nSPS) is 16.9. The van der Waals surface area contributed by atoms with Gasteiger partial charge in [0.05, 0.1) is 5.69 Å². The highest BCUT2D eigenvalue weighted by Crippen LogP contribution is 2.32. The van der Waals surface area contributed by atoms with Crippen LogP contribution in [0.4, 0.5) is 23.3 Å². The number of nitrogens with zero attached hydrogens (tertiary/aromatic N) is 5. The van der Waals surface area contributed by atoms with E-state index in [0.717, 1.165) is 72.0 Å². The van der Waals surface area contributed by atoms with Gasteiger partial charge in [-0.15, -0.1) is 11.8 Å². The SMILES string of the molecule is CSc1ccccc1Nc1nc(N2CCNCC2)nc2c(NCC3CCC3)ncnc12. The summed E-state index contributed by atoms with van der Waals surface area (Å²) in [7, 11) is 0. The lowest BCUT2D eigenvalue weighted by atomic mass is 9.85. The van der Waals surface area contributed by atoms with Crippen LogP contribution in [-0.2, 0) is 0 Å². The molecule has 0 unspecified atom stereocenters. The van der Waals surface area contributed by atoms with Crippen LogP contribution >= 0.6 is 11.8 Å². The monoisotopic (exact) mass is 436 g/mol. The summed E-state index contributed by atoms with van der Waals surface area (Å²) in [5.41, 5.74) is 2.53. The molecule has 2 fully saturated rings. The van der Waals surface area contributed by atoms with Crippen LogP contribution in [0.25, 0.3) is 11.0 Å². The van der Waals surface area contributed by atoms with E-state index in [-0.39, 0.29) is 0 Å². The number of piperazine rings is 1. The average Bonchev–Trinajstić information content (AvgIpc) is 2.79. The quantitative estimate of drug-likeness (QED) is 0.481. The van der Waals surface area contributed by atoms with Crippen molar-refractivity contribution < 1.29 is 0 Å². The fourth-order valence-electron chi connectivity index (χ4n) is 3.97. The number of fused-ring (bicyclic) bond motifs is 1. The van der Waals surface area contributed by atoms with Crippen LogP contribution in [-0.4, -0.2) is 58.9 Å². The Bertz CT molecular complexity index is 1050. The van der Waals surface area contributed by atoms with Gasteiger partial charge in [-0.1, -0.05) is 18.6 Å². The number of aromatic nitrogens is 4. The van der Waals surface area contributed by atoms with Crippen LogP contribution in [0, 0.1) is 5.92 Å². The molecule has 3 heterocycles. The van der Waals surface area contributed by atoms with Crippen molar-refractivity contribution in [1.29, 1.82) is 0 Å². The summed E-state index contributed by atoms with van der Waals surface area (Å²) in [5.74, 6) is 2.95. The van der Waals surface area contributed by atoms with Gasteiger partial charge in [0.25, 0.3) is 0 Å². The zero-order valence-corrected chi connectivity index (χ0v) is 18.6. The largest absolute Gasteiger partial charge is 0.368 e. The number of rotatable bonds is 7. The van der Waals surface area contributed by atoms with Crippen LogP contribution in [0.15, 0.2) is 35.5 Å². The Morgan fingerprint density at radius 3 is 2.68 bits per heavy atom. The molecule has 2 aliphatic rings. The fraction of sp³-hybridized carbons (Fsp3) is 0.455. The first-order valence-corrected chi connectivity index (χ1v) is 12.2. The third-order valence-electron chi connectivity index (χ3n) is 6.01. The second kappa shape index (κ2) is 9.23. The Hall–Kier alpha value is -2.65. The molecular formula is C22H28N8S. The van der Waals surface area contributed by atoms with E-state index in [1.807, 2.05) is 12.1 Å². The van der Waals surface area contributed by atoms with Gasteiger partial charge in [-0.3, -0.25) is 0 Å². The molecule has 1 aliphatic heterocycles. The van der Waals surface area contributed by atoms with Crippen LogP contribution in [0.1, 0.15) is 19.3 Å². The van der Waals surface area contributed by atoms with Crippen LogP contribution in [0.3, 0.4) is 0 Å².